The van der Waals surface area contributed by atoms with Gasteiger partial charge in [-0.2, -0.15) is 0 Å². The lowest BCUT2D eigenvalue weighted by Gasteiger charge is -2.28. The number of rotatable bonds is 4. The fraction of sp³-hybridized carbons (Fsp3) is 0.303. The Morgan fingerprint density at radius 1 is 0.952 bits per heavy atom. The molecule has 1 heterocycles. The highest BCUT2D eigenvalue weighted by Gasteiger charge is 2.47. The third-order valence-electron chi connectivity index (χ3n) is 7.69. The van der Waals surface area contributed by atoms with E-state index in [4.69, 9.17) is 4.74 Å². The van der Waals surface area contributed by atoms with Crippen LogP contribution in [0.4, 0.5) is 11.4 Å². The third kappa shape index (κ3) is 4.85. The minimum atomic E-state index is -1.21. The number of fused-ring (bicyclic) bond motifs is 2. The molecule has 216 valence electrons. The average molecular weight is 569 g/mol. The van der Waals surface area contributed by atoms with E-state index in [-0.39, 0.29) is 28.2 Å². The van der Waals surface area contributed by atoms with Crippen LogP contribution in [0.25, 0.3) is 6.08 Å². The van der Waals surface area contributed by atoms with Gasteiger partial charge in [0, 0.05) is 28.3 Å². The van der Waals surface area contributed by atoms with Crippen LogP contribution in [0.2, 0.25) is 0 Å². The zero-order valence-corrected chi connectivity index (χ0v) is 24.3. The van der Waals surface area contributed by atoms with Crippen molar-refractivity contribution in [1.29, 1.82) is 0 Å². The molecule has 0 radical (unpaired) electrons. The van der Waals surface area contributed by atoms with Gasteiger partial charge in [0.1, 0.15) is 17.2 Å². The number of nitro benzene ring substituents is 1. The molecule has 5 rings (SSSR count). The summed E-state index contributed by atoms with van der Waals surface area (Å²) in [5, 5.41) is 25.8. The van der Waals surface area contributed by atoms with Crippen LogP contribution < -0.4 is 10.1 Å². The monoisotopic (exact) mass is 568 g/mol. The van der Waals surface area contributed by atoms with Gasteiger partial charge in [0.25, 0.3) is 5.69 Å². The highest BCUT2D eigenvalue weighted by molar-refractivity contribution is 6.28. The number of hydrogen-bond donors (Lipinski definition) is 2. The molecule has 3 aromatic carbocycles. The number of aromatic hydroxyl groups is 1. The fourth-order valence-corrected chi connectivity index (χ4v) is 5.52. The molecule has 2 unspecified atom stereocenters. The highest BCUT2D eigenvalue weighted by atomic mass is 16.6. The lowest BCUT2D eigenvalue weighted by atomic mass is 9.78. The number of nitrogens with zero attached hydrogens (tertiary/aromatic N) is 1. The summed E-state index contributed by atoms with van der Waals surface area (Å²) in [7, 11) is 0. The van der Waals surface area contributed by atoms with Crippen molar-refractivity contribution < 1.29 is 29.2 Å². The minimum Gasteiger partial charge on any atom is -0.507 e. The molecule has 0 fully saturated rings. The Morgan fingerprint density at radius 3 is 2.17 bits per heavy atom. The quantitative estimate of drug-likeness (QED) is 0.118. The Balaban J connectivity index is 1.48. The second-order valence-electron chi connectivity index (χ2n) is 12.7. The number of ketones is 2. The van der Waals surface area contributed by atoms with Gasteiger partial charge in [0.15, 0.2) is 17.3 Å². The smallest absolute Gasteiger partial charge is 0.343 e. The van der Waals surface area contributed by atoms with E-state index in [1.165, 1.54) is 18.2 Å². The average Bonchev–Trinajstić information content (AvgIpc) is 3.17. The summed E-state index contributed by atoms with van der Waals surface area (Å²) in [4.78, 5) is 51.0. The van der Waals surface area contributed by atoms with Crippen LogP contribution in [0.5, 0.6) is 11.5 Å². The Bertz CT molecular complexity index is 1670. The number of ether oxygens (including phenoxy) is 1. The first-order chi connectivity index (χ1) is 19.6. The molecule has 0 amide bonds. The summed E-state index contributed by atoms with van der Waals surface area (Å²) in [6.07, 6.45) is 3.39. The fourth-order valence-electron chi connectivity index (χ4n) is 5.52. The number of carbonyl (C=O) groups excluding carboxylic acids is 3. The molecule has 2 aliphatic rings. The van der Waals surface area contributed by atoms with Gasteiger partial charge in [-0.25, -0.2) is 4.79 Å². The zero-order chi connectivity index (χ0) is 30.7. The SMILES string of the molecule is CC(C)(C)c1cc(C(=O)Oc2cccc3c2NC(C2C(=O)c4cccc([N+](=O)[O-])c4C2=O)C=C3)cc(C(C)(C)C)c1O. The van der Waals surface area contributed by atoms with Crippen LogP contribution in [-0.4, -0.2) is 33.6 Å². The van der Waals surface area contributed by atoms with Crippen molar-refractivity contribution in [2.45, 2.75) is 58.4 Å². The van der Waals surface area contributed by atoms with Crippen LogP contribution in [0.3, 0.4) is 0 Å². The lowest BCUT2D eigenvalue weighted by molar-refractivity contribution is -0.385. The maximum absolute atomic E-state index is 13.5. The molecule has 2 N–H and O–H groups in total. The van der Waals surface area contributed by atoms with E-state index in [2.05, 4.69) is 5.32 Å². The van der Waals surface area contributed by atoms with Crippen molar-refractivity contribution in [3.8, 4) is 11.5 Å². The van der Waals surface area contributed by atoms with E-state index in [1.807, 2.05) is 41.5 Å². The number of hydrogen-bond acceptors (Lipinski definition) is 8. The molecule has 3 aromatic rings. The maximum atomic E-state index is 13.5. The van der Waals surface area contributed by atoms with Gasteiger partial charge in [0.2, 0.25) is 0 Å². The zero-order valence-electron chi connectivity index (χ0n) is 24.3. The highest BCUT2D eigenvalue weighted by Crippen LogP contribution is 2.42. The Morgan fingerprint density at radius 2 is 1.57 bits per heavy atom. The molecule has 2 atom stereocenters. The Labute approximate surface area is 243 Å². The predicted molar refractivity (Wildman–Crippen MR) is 159 cm³/mol. The molecule has 0 spiro atoms. The number of benzene rings is 3. The number of anilines is 1. The van der Waals surface area contributed by atoms with Gasteiger partial charge in [-0.15, -0.1) is 0 Å². The second kappa shape index (κ2) is 9.94. The van der Waals surface area contributed by atoms with Crippen LogP contribution in [0.1, 0.15) is 89.3 Å². The van der Waals surface area contributed by atoms with Gasteiger partial charge < -0.3 is 15.2 Å². The molecule has 0 bridgehead atoms. The summed E-state index contributed by atoms with van der Waals surface area (Å²) < 4.78 is 5.87. The number of nitrogens with one attached hydrogen (secondary N) is 1. The lowest BCUT2D eigenvalue weighted by Crippen LogP contribution is -2.36. The van der Waals surface area contributed by atoms with Crippen molar-refractivity contribution >= 4 is 35.0 Å². The predicted octanol–water partition coefficient (Wildman–Crippen LogP) is 6.62. The van der Waals surface area contributed by atoms with Crippen molar-refractivity contribution in [2.75, 3.05) is 5.32 Å². The number of phenolic OH excluding ortho intramolecular Hbond substituents is 1. The molecule has 9 heteroatoms. The van der Waals surface area contributed by atoms with Crippen molar-refractivity contribution in [1.82, 2.24) is 0 Å². The van der Waals surface area contributed by atoms with Crippen LogP contribution in [0, 0.1) is 16.0 Å². The van der Waals surface area contributed by atoms with Gasteiger partial charge in [-0.3, -0.25) is 19.7 Å². The van der Waals surface area contributed by atoms with Gasteiger partial charge >= 0.3 is 5.97 Å². The Kier molecular flexibility index (Phi) is 6.80. The summed E-state index contributed by atoms with van der Waals surface area (Å²) in [6.45, 7) is 11.7. The summed E-state index contributed by atoms with van der Waals surface area (Å²) in [5.41, 5.74) is 1.14. The van der Waals surface area contributed by atoms with E-state index in [9.17, 15) is 29.6 Å². The second-order valence-corrected chi connectivity index (χ2v) is 12.7. The first-order valence-electron chi connectivity index (χ1n) is 13.6. The van der Waals surface area contributed by atoms with E-state index < -0.39 is 50.9 Å². The molecule has 0 saturated heterocycles. The normalized spacial score (nSPS) is 17.9. The largest absolute Gasteiger partial charge is 0.507 e. The van der Waals surface area contributed by atoms with E-state index >= 15 is 0 Å². The van der Waals surface area contributed by atoms with Gasteiger partial charge in [0.05, 0.1) is 22.2 Å². The first kappa shape index (κ1) is 28.7. The van der Waals surface area contributed by atoms with Crippen molar-refractivity contribution in [2.24, 2.45) is 5.92 Å². The van der Waals surface area contributed by atoms with Crippen LogP contribution >= 0.6 is 0 Å². The summed E-state index contributed by atoms with van der Waals surface area (Å²) >= 11 is 0. The number of phenols is 1. The summed E-state index contributed by atoms with van der Waals surface area (Å²) in [6, 6.07) is 11.6. The molecule has 0 aromatic heterocycles. The van der Waals surface area contributed by atoms with Gasteiger partial charge in [-0.1, -0.05) is 78.0 Å². The molecule has 1 aliphatic carbocycles. The van der Waals surface area contributed by atoms with E-state index in [0.717, 1.165) is 0 Å². The molecular formula is C33H32N2O7. The molecule has 0 saturated carbocycles. The number of para-hydroxylation sites is 1. The molecule has 42 heavy (non-hydrogen) atoms. The van der Waals surface area contributed by atoms with Gasteiger partial charge in [-0.05, 0) is 29.0 Å². The van der Waals surface area contributed by atoms with Crippen molar-refractivity contribution in [3.63, 3.8) is 0 Å². The number of esters is 1. The number of nitro groups is 1. The number of carbonyl (C=O) groups is 3. The molecule has 9 nitrogen and oxygen atoms in total. The number of Topliss-reactive ketones (excluding diaryl/α,β-unsaturated/α-hetero) is 2. The molecule has 1 aliphatic heterocycles. The summed E-state index contributed by atoms with van der Waals surface area (Å²) in [5.74, 6) is -2.65. The Hall–Kier alpha value is -4.79. The first-order valence-corrected chi connectivity index (χ1v) is 13.6. The standard InChI is InChI=1S/C33H32N2O7/c1-32(2,3)20-15-18(16-21(29(20)37)33(4,5)6)31(39)42-24-12-7-9-17-13-14-22(34-27(17)24)26-28(36)19-10-8-11-23(35(40)41)25(19)30(26)38/h7-16,22,26,34,37H,1-6H3. The topological polar surface area (TPSA) is 136 Å². The minimum absolute atomic E-state index is 0.0246. The third-order valence-corrected chi connectivity index (χ3v) is 7.69. The van der Waals surface area contributed by atoms with Crippen LogP contribution in [0.15, 0.2) is 54.6 Å². The van der Waals surface area contributed by atoms with E-state index in [1.54, 1.807) is 42.5 Å². The van der Waals surface area contributed by atoms with E-state index in [0.29, 0.717) is 22.4 Å². The van der Waals surface area contributed by atoms with Crippen LogP contribution in [-0.2, 0) is 10.8 Å². The maximum Gasteiger partial charge on any atom is 0.343 e. The van der Waals surface area contributed by atoms with Crippen molar-refractivity contribution in [3.05, 3.63) is 98.1 Å². The molecular weight excluding hydrogens is 536 g/mol.